The lowest BCUT2D eigenvalue weighted by Crippen LogP contribution is -2.18. The predicted molar refractivity (Wildman–Crippen MR) is 83.6 cm³/mol. The molecule has 1 atom stereocenters. The smallest absolute Gasteiger partial charge is 0.115 e. The fourth-order valence-electron chi connectivity index (χ4n) is 2.05. The zero-order valence-electron chi connectivity index (χ0n) is 11.1. The number of nitrogens with one attached hydrogen (secondary N) is 1. The Hall–Kier alpha value is -0.610. The third-order valence-electron chi connectivity index (χ3n) is 3.05. The minimum Gasteiger partial charge on any atom is -0.307 e. The SMILES string of the molecule is CCc1nc(C(NC)c2cc(Cl)ccc2Cl)sc1C. The molecule has 2 aromatic rings. The third kappa shape index (κ3) is 3.11. The van der Waals surface area contributed by atoms with Gasteiger partial charge in [0, 0.05) is 14.9 Å². The van der Waals surface area contributed by atoms with Crippen LogP contribution in [0.4, 0.5) is 0 Å². The molecule has 19 heavy (non-hydrogen) atoms. The van der Waals surface area contributed by atoms with Gasteiger partial charge in [-0.15, -0.1) is 11.3 Å². The van der Waals surface area contributed by atoms with E-state index in [1.165, 1.54) is 4.88 Å². The maximum atomic E-state index is 6.28. The highest BCUT2D eigenvalue weighted by atomic mass is 35.5. The molecule has 2 rings (SSSR count). The summed E-state index contributed by atoms with van der Waals surface area (Å²) in [6.45, 7) is 4.22. The van der Waals surface area contributed by atoms with Crippen LogP contribution in [0.15, 0.2) is 18.2 Å². The molecule has 0 aliphatic carbocycles. The number of halogens is 2. The summed E-state index contributed by atoms with van der Waals surface area (Å²) in [5.74, 6) is 0. The number of rotatable bonds is 4. The summed E-state index contributed by atoms with van der Waals surface area (Å²) < 4.78 is 0. The van der Waals surface area contributed by atoms with Crippen LogP contribution in [0.2, 0.25) is 10.0 Å². The lowest BCUT2D eigenvalue weighted by molar-refractivity contribution is 0.683. The van der Waals surface area contributed by atoms with Gasteiger partial charge in [0.15, 0.2) is 0 Å². The van der Waals surface area contributed by atoms with Crippen molar-refractivity contribution in [2.45, 2.75) is 26.3 Å². The van der Waals surface area contributed by atoms with E-state index in [1.807, 2.05) is 19.2 Å². The Morgan fingerprint density at radius 1 is 1.37 bits per heavy atom. The largest absolute Gasteiger partial charge is 0.307 e. The first-order chi connectivity index (χ1) is 9.06. The van der Waals surface area contributed by atoms with Crippen molar-refractivity contribution in [3.8, 4) is 0 Å². The number of thiazole rings is 1. The van der Waals surface area contributed by atoms with Crippen LogP contribution < -0.4 is 5.32 Å². The van der Waals surface area contributed by atoms with E-state index in [0.29, 0.717) is 10.0 Å². The second kappa shape index (κ2) is 6.23. The molecular formula is C14H16Cl2N2S. The molecule has 0 amide bonds. The lowest BCUT2D eigenvalue weighted by Gasteiger charge is -2.15. The zero-order chi connectivity index (χ0) is 14.0. The van der Waals surface area contributed by atoms with Crippen molar-refractivity contribution >= 4 is 34.5 Å². The number of nitrogens with zero attached hydrogens (tertiary/aromatic N) is 1. The molecule has 1 unspecified atom stereocenters. The molecule has 0 radical (unpaired) electrons. The monoisotopic (exact) mass is 314 g/mol. The van der Waals surface area contributed by atoms with E-state index >= 15 is 0 Å². The highest BCUT2D eigenvalue weighted by molar-refractivity contribution is 7.11. The van der Waals surface area contributed by atoms with Gasteiger partial charge in [0.1, 0.15) is 5.01 Å². The summed E-state index contributed by atoms with van der Waals surface area (Å²) in [5, 5.41) is 5.69. The van der Waals surface area contributed by atoms with Crippen molar-refractivity contribution in [3.63, 3.8) is 0 Å². The first kappa shape index (κ1) is 14.8. The van der Waals surface area contributed by atoms with E-state index in [4.69, 9.17) is 28.2 Å². The summed E-state index contributed by atoms with van der Waals surface area (Å²) >= 11 is 14.0. The van der Waals surface area contributed by atoms with Crippen LogP contribution in [-0.4, -0.2) is 12.0 Å². The maximum absolute atomic E-state index is 6.28. The van der Waals surface area contributed by atoms with Crippen molar-refractivity contribution in [3.05, 3.63) is 49.4 Å². The third-order valence-corrected chi connectivity index (χ3v) is 4.71. The first-order valence-electron chi connectivity index (χ1n) is 6.15. The van der Waals surface area contributed by atoms with Gasteiger partial charge in [0.2, 0.25) is 0 Å². The minimum atomic E-state index is -0.0183. The van der Waals surface area contributed by atoms with Crippen LogP contribution in [0.25, 0.3) is 0 Å². The molecule has 0 saturated carbocycles. The molecule has 1 N–H and O–H groups in total. The van der Waals surface area contributed by atoms with Crippen LogP contribution in [0.5, 0.6) is 0 Å². The van der Waals surface area contributed by atoms with Crippen LogP contribution >= 0.6 is 34.5 Å². The van der Waals surface area contributed by atoms with Gasteiger partial charge in [-0.2, -0.15) is 0 Å². The molecular weight excluding hydrogens is 299 g/mol. The van der Waals surface area contributed by atoms with E-state index in [-0.39, 0.29) is 6.04 Å². The van der Waals surface area contributed by atoms with E-state index in [2.05, 4.69) is 19.2 Å². The summed E-state index contributed by atoms with van der Waals surface area (Å²) in [4.78, 5) is 5.96. The first-order valence-corrected chi connectivity index (χ1v) is 7.72. The molecule has 1 aromatic carbocycles. The topological polar surface area (TPSA) is 24.9 Å². The summed E-state index contributed by atoms with van der Waals surface area (Å²) in [6.07, 6.45) is 0.946. The Bertz CT molecular complexity index is 581. The van der Waals surface area contributed by atoms with E-state index in [9.17, 15) is 0 Å². The molecule has 1 heterocycles. The molecule has 2 nitrogen and oxygen atoms in total. The van der Waals surface area contributed by atoms with Crippen LogP contribution in [-0.2, 0) is 6.42 Å². The Balaban J connectivity index is 2.46. The van der Waals surface area contributed by atoms with Crippen molar-refractivity contribution in [1.82, 2.24) is 10.3 Å². The van der Waals surface area contributed by atoms with E-state index in [0.717, 1.165) is 22.7 Å². The van der Waals surface area contributed by atoms with Crippen LogP contribution in [0, 0.1) is 6.92 Å². The van der Waals surface area contributed by atoms with Gasteiger partial charge in [-0.3, -0.25) is 0 Å². The highest BCUT2D eigenvalue weighted by Crippen LogP contribution is 2.33. The van der Waals surface area contributed by atoms with Crippen molar-refractivity contribution < 1.29 is 0 Å². The number of benzene rings is 1. The van der Waals surface area contributed by atoms with Gasteiger partial charge in [-0.1, -0.05) is 30.1 Å². The molecule has 0 saturated heterocycles. The second-order valence-electron chi connectivity index (χ2n) is 4.30. The molecule has 102 valence electrons. The second-order valence-corrected chi connectivity index (χ2v) is 6.37. The Labute approximate surface area is 127 Å². The maximum Gasteiger partial charge on any atom is 0.115 e. The summed E-state index contributed by atoms with van der Waals surface area (Å²) in [5.41, 5.74) is 2.12. The standard InChI is InChI=1S/C14H16Cl2N2S/c1-4-12-8(2)19-14(18-12)13(17-3)10-7-9(15)5-6-11(10)16/h5-7,13,17H,4H2,1-3H3. The van der Waals surface area contributed by atoms with Gasteiger partial charge < -0.3 is 5.32 Å². The minimum absolute atomic E-state index is 0.0183. The van der Waals surface area contributed by atoms with Gasteiger partial charge in [0.25, 0.3) is 0 Å². The Kier molecular flexibility index (Phi) is 4.85. The molecule has 1 aromatic heterocycles. The lowest BCUT2D eigenvalue weighted by atomic mass is 10.1. The number of aryl methyl sites for hydroxylation is 2. The fraction of sp³-hybridized carbons (Fsp3) is 0.357. The van der Waals surface area contributed by atoms with E-state index < -0.39 is 0 Å². The van der Waals surface area contributed by atoms with Crippen molar-refractivity contribution in [2.75, 3.05) is 7.05 Å². The Morgan fingerprint density at radius 2 is 2.11 bits per heavy atom. The van der Waals surface area contributed by atoms with Gasteiger partial charge in [-0.05, 0) is 44.2 Å². The normalized spacial score (nSPS) is 12.7. The van der Waals surface area contributed by atoms with Crippen molar-refractivity contribution in [2.24, 2.45) is 0 Å². The van der Waals surface area contributed by atoms with E-state index in [1.54, 1.807) is 17.4 Å². The molecule has 0 bridgehead atoms. The quantitative estimate of drug-likeness (QED) is 0.890. The van der Waals surface area contributed by atoms with Crippen molar-refractivity contribution in [1.29, 1.82) is 0 Å². The molecule has 0 aliphatic heterocycles. The van der Waals surface area contributed by atoms with Crippen LogP contribution in [0.3, 0.4) is 0 Å². The van der Waals surface area contributed by atoms with Gasteiger partial charge in [0.05, 0.1) is 11.7 Å². The highest BCUT2D eigenvalue weighted by Gasteiger charge is 2.20. The average molecular weight is 315 g/mol. The Morgan fingerprint density at radius 3 is 2.68 bits per heavy atom. The van der Waals surface area contributed by atoms with Gasteiger partial charge in [-0.25, -0.2) is 4.98 Å². The summed E-state index contributed by atoms with van der Waals surface area (Å²) in [6, 6.07) is 5.50. The number of hydrogen-bond acceptors (Lipinski definition) is 3. The number of hydrogen-bond donors (Lipinski definition) is 1. The molecule has 0 aliphatic rings. The van der Waals surface area contributed by atoms with Gasteiger partial charge >= 0.3 is 0 Å². The fourth-order valence-corrected chi connectivity index (χ4v) is 3.60. The predicted octanol–water partition coefficient (Wildman–Crippen LogP) is 4.63. The van der Waals surface area contributed by atoms with Crippen LogP contribution in [0.1, 0.15) is 34.1 Å². The zero-order valence-corrected chi connectivity index (χ0v) is 13.5. The molecule has 0 fully saturated rings. The summed E-state index contributed by atoms with van der Waals surface area (Å²) in [7, 11) is 1.91. The molecule has 5 heteroatoms. The number of aromatic nitrogens is 1. The molecule has 0 spiro atoms. The average Bonchev–Trinajstić information content (AvgIpc) is 2.75.